The monoisotopic (exact) mass is 258 g/mol. The van der Waals surface area contributed by atoms with Crippen LogP contribution in [-0.2, 0) is 13.0 Å². The molecule has 4 nitrogen and oxygen atoms in total. The van der Waals surface area contributed by atoms with Crippen LogP contribution < -0.4 is 5.32 Å². The van der Waals surface area contributed by atoms with E-state index in [9.17, 15) is 0 Å². The molecule has 0 aromatic carbocycles. The van der Waals surface area contributed by atoms with Gasteiger partial charge in [-0.25, -0.2) is 0 Å². The summed E-state index contributed by atoms with van der Waals surface area (Å²) in [7, 11) is 0. The Kier molecular flexibility index (Phi) is 4.68. The highest BCUT2D eigenvalue weighted by Crippen LogP contribution is 2.24. The van der Waals surface area contributed by atoms with Crippen molar-refractivity contribution in [1.29, 1.82) is 0 Å². The van der Waals surface area contributed by atoms with Gasteiger partial charge < -0.3 is 5.32 Å². The fraction of sp³-hybridized carbons (Fsp3) is 0.467. The second-order valence-electron chi connectivity index (χ2n) is 4.49. The molecule has 1 N–H and O–H groups in total. The molecular weight excluding hydrogens is 236 g/mol. The summed E-state index contributed by atoms with van der Waals surface area (Å²) in [4.78, 5) is 4.23. The molecule has 0 aliphatic carbocycles. The first kappa shape index (κ1) is 13.7. The predicted octanol–water partition coefficient (Wildman–Crippen LogP) is 2.56. The number of pyridine rings is 1. The van der Waals surface area contributed by atoms with Gasteiger partial charge in [-0.05, 0) is 43.1 Å². The highest BCUT2D eigenvalue weighted by Gasteiger charge is 2.19. The van der Waals surface area contributed by atoms with Gasteiger partial charge in [-0.15, -0.1) is 0 Å². The van der Waals surface area contributed by atoms with E-state index in [0.29, 0.717) is 0 Å². The molecule has 2 aromatic heterocycles. The summed E-state index contributed by atoms with van der Waals surface area (Å²) >= 11 is 0. The predicted molar refractivity (Wildman–Crippen MR) is 77.0 cm³/mol. The van der Waals surface area contributed by atoms with Gasteiger partial charge in [-0.3, -0.25) is 9.67 Å². The van der Waals surface area contributed by atoms with Gasteiger partial charge in [-0.2, -0.15) is 5.10 Å². The molecule has 102 valence electrons. The zero-order valence-electron chi connectivity index (χ0n) is 11.9. The van der Waals surface area contributed by atoms with E-state index in [0.717, 1.165) is 19.5 Å². The van der Waals surface area contributed by atoms with Crippen molar-refractivity contribution in [2.24, 2.45) is 0 Å². The van der Waals surface area contributed by atoms with E-state index in [1.54, 1.807) is 0 Å². The largest absolute Gasteiger partial charge is 0.305 e. The van der Waals surface area contributed by atoms with E-state index in [1.165, 1.54) is 16.8 Å². The second kappa shape index (κ2) is 6.48. The molecule has 0 aliphatic rings. The van der Waals surface area contributed by atoms with Crippen molar-refractivity contribution >= 4 is 0 Å². The zero-order valence-corrected chi connectivity index (χ0v) is 11.9. The van der Waals surface area contributed by atoms with E-state index in [2.05, 4.69) is 48.3 Å². The number of aryl methyl sites for hydroxylation is 2. The summed E-state index contributed by atoms with van der Waals surface area (Å²) in [6.45, 7) is 8.22. The van der Waals surface area contributed by atoms with Crippen LogP contribution in [-0.4, -0.2) is 21.3 Å². The van der Waals surface area contributed by atoms with Crippen molar-refractivity contribution in [3.8, 4) is 0 Å². The van der Waals surface area contributed by atoms with Crippen LogP contribution in [0, 0.1) is 0 Å². The van der Waals surface area contributed by atoms with Crippen molar-refractivity contribution < 1.29 is 0 Å². The molecule has 0 radical (unpaired) electrons. The SMILES string of the molecule is CCNC(c1ccncc1CC)c1ccnn1CC. The third kappa shape index (κ3) is 2.84. The average Bonchev–Trinajstić information content (AvgIpc) is 2.93. The lowest BCUT2D eigenvalue weighted by Crippen LogP contribution is -2.25. The molecule has 2 heterocycles. The summed E-state index contributed by atoms with van der Waals surface area (Å²) in [5, 5.41) is 7.94. The maximum atomic E-state index is 4.38. The molecule has 2 aromatic rings. The molecule has 1 atom stereocenters. The number of hydrogen-bond donors (Lipinski definition) is 1. The molecule has 19 heavy (non-hydrogen) atoms. The van der Waals surface area contributed by atoms with E-state index in [1.807, 2.05) is 23.3 Å². The Labute approximate surface area is 114 Å². The van der Waals surface area contributed by atoms with Gasteiger partial charge in [0, 0.05) is 25.1 Å². The second-order valence-corrected chi connectivity index (χ2v) is 4.49. The van der Waals surface area contributed by atoms with E-state index >= 15 is 0 Å². The minimum atomic E-state index is 0.186. The van der Waals surface area contributed by atoms with Crippen LogP contribution in [0.2, 0.25) is 0 Å². The van der Waals surface area contributed by atoms with Crippen molar-refractivity contribution in [1.82, 2.24) is 20.1 Å². The maximum absolute atomic E-state index is 4.38. The maximum Gasteiger partial charge on any atom is 0.0751 e. The number of aromatic nitrogens is 3. The van der Waals surface area contributed by atoms with Gasteiger partial charge in [0.15, 0.2) is 0 Å². The molecule has 0 saturated heterocycles. The summed E-state index contributed by atoms with van der Waals surface area (Å²) < 4.78 is 2.05. The van der Waals surface area contributed by atoms with Crippen LogP contribution in [0.3, 0.4) is 0 Å². The number of hydrogen-bond acceptors (Lipinski definition) is 3. The Hall–Kier alpha value is -1.68. The molecular formula is C15H22N4. The number of nitrogens with zero attached hydrogens (tertiary/aromatic N) is 3. The average molecular weight is 258 g/mol. The summed E-state index contributed by atoms with van der Waals surface area (Å²) in [5.41, 5.74) is 3.80. The van der Waals surface area contributed by atoms with Crippen LogP contribution >= 0.6 is 0 Å². The summed E-state index contributed by atoms with van der Waals surface area (Å²) in [5.74, 6) is 0. The summed E-state index contributed by atoms with van der Waals surface area (Å²) in [6, 6.07) is 4.39. The van der Waals surface area contributed by atoms with Gasteiger partial charge in [0.2, 0.25) is 0 Å². The standard InChI is InChI=1S/C15H22N4/c1-4-12-11-16-9-7-13(12)15(17-5-2)14-8-10-18-19(14)6-3/h7-11,15,17H,4-6H2,1-3H3. The molecule has 0 amide bonds. The Morgan fingerprint density at radius 2 is 2.05 bits per heavy atom. The van der Waals surface area contributed by atoms with Gasteiger partial charge in [0.25, 0.3) is 0 Å². The van der Waals surface area contributed by atoms with Gasteiger partial charge in [-0.1, -0.05) is 13.8 Å². The lowest BCUT2D eigenvalue weighted by molar-refractivity contribution is 0.539. The highest BCUT2D eigenvalue weighted by atomic mass is 15.3. The van der Waals surface area contributed by atoms with E-state index < -0.39 is 0 Å². The molecule has 0 bridgehead atoms. The molecule has 0 fully saturated rings. The van der Waals surface area contributed by atoms with Crippen LogP contribution in [0.5, 0.6) is 0 Å². The topological polar surface area (TPSA) is 42.7 Å². The van der Waals surface area contributed by atoms with Gasteiger partial charge >= 0.3 is 0 Å². The van der Waals surface area contributed by atoms with E-state index in [4.69, 9.17) is 0 Å². The summed E-state index contributed by atoms with van der Waals surface area (Å²) in [6.07, 6.45) is 6.69. The van der Waals surface area contributed by atoms with Crippen molar-refractivity contribution in [3.05, 3.63) is 47.5 Å². The molecule has 4 heteroatoms. The Balaban J connectivity index is 2.45. The van der Waals surface area contributed by atoms with Gasteiger partial charge in [0.1, 0.15) is 0 Å². The fourth-order valence-corrected chi connectivity index (χ4v) is 2.45. The number of nitrogens with one attached hydrogen (secondary N) is 1. The first-order valence-corrected chi connectivity index (χ1v) is 6.99. The van der Waals surface area contributed by atoms with E-state index in [-0.39, 0.29) is 6.04 Å². The molecule has 1 unspecified atom stereocenters. The molecule has 0 aliphatic heterocycles. The Morgan fingerprint density at radius 3 is 2.74 bits per heavy atom. The highest BCUT2D eigenvalue weighted by molar-refractivity contribution is 5.33. The smallest absolute Gasteiger partial charge is 0.0751 e. The lowest BCUT2D eigenvalue weighted by Gasteiger charge is -2.21. The Bertz CT molecular complexity index is 518. The third-order valence-electron chi connectivity index (χ3n) is 3.39. The first-order valence-electron chi connectivity index (χ1n) is 6.99. The normalized spacial score (nSPS) is 12.6. The van der Waals surface area contributed by atoms with Crippen molar-refractivity contribution in [2.75, 3.05) is 6.54 Å². The molecule has 2 rings (SSSR count). The minimum Gasteiger partial charge on any atom is -0.305 e. The first-order chi connectivity index (χ1) is 9.31. The zero-order chi connectivity index (χ0) is 13.7. The van der Waals surface area contributed by atoms with Crippen molar-refractivity contribution in [2.45, 2.75) is 39.8 Å². The van der Waals surface area contributed by atoms with Crippen LogP contribution in [0.4, 0.5) is 0 Å². The lowest BCUT2D eigenvalue weighted by atomic mass is 9.98. The van der Waals surface area contributed by atoms with Gasteiger partial charge in [0.05, 0.1) is 11.7 Å². The van der Waals surface area contributed by atoms with Crippen LogP contribution in [0.1, 0.15) is 43.6 Å². The van der Waals surface area contributed by atoms with Crippen molar-refractivity contribution in [3.63, 3.8) is 0 Å². The fourth-order valence-electron chi connectivity index (χ4n) is 2.45. The molecule has 0 saturated carbocycles. The van der Waals surface area contributed by atoms with Crippen LogP contribution in [0.15, 0.2) is 30.7 Å². The quantitative estimate of drug-likeness (QED) is 0.866. The number of rotatable bonds is 6. The Morgan fingerprint density at radius 1 is 1.21 bits per heavy atom. The molecule has 0 spiro atoms. The third-order valence-corrected chi connectivity index (χ3v) is 3.39. The minimum absolute atomic E-state index is 0.186. The van der Waals surface area contributed by atoms with Crippen LogP contribution in [0.25, 0.3) is 0 Å².